The SMILES string of the molecule is O=C(Cl)CCCCCCCCCCCCSSCCCCCCCCCCCCC(=O)Cl. The zero-order valence-electron chi connectivity index (χ0n) is 20.4. The summed E-state index contributed by atoms with van der Waals surface area (Å²) in [5.74, 6) is 2.62. The quantitative estimate of drug-likeness (QED) is 0.0604. The maximum absolute atomic E-state index is 10.6. The van der Waals surface area contributed by atoms with E-state index in [1.165, 1.54) is 114 Å². The Hall–Kier alpha value is 0.620. The summed E-state index contributed by atoms with van der Waals surface area (Å²) in [5.41, 5.74) is 0. The highest BCUT2D eigenvalue weighted by Crippen LogP contribution is 2.25. The molecule has 0 aliphatic rings. The van der Waals surface area contributed by atoms with Gasteiger partial charge in [-0.3, -0.25) is 9.59 Å². The van der Waals surface area contributed by atoms with Gasteiger partial charge in [0.25, 0.3) is 0 Å². The second kappa shape index (κ2) is 27.9. The number of hydrogen-bond donors (Lipinski definition) is 0. The van der Waals surface area contributed by atoms with Crippen LogP contribution >= 0.6 is 44.8 Å². The van der Waals surface area contributed by atoms with Crippen LogP contribution in [0.4, 0.5) is 0 Å². The van der Waals surface area contributed by atoms with Crippen molar-refractivity contribution in [3.63, 3.8) is 0 Å². The first-order valence-corrected chi connectivity index (χ1v) is 16.5. The first-order valence-electron chi connectivity index (χ1n) is 13.2. The topological polar surface area (TPSA) is 34.1 Å². The van der Waals surface area contributed by atoms with Crippen LogP contribution in [-0.2, 0) is 9.59 Å². The lowest BCUT2D eigenvalue weighted by Crippen LogP contribution is -1.87. The van der Waals surface area contributed by atoms with Gasteiger partial charge in [0.05, 0.1) is 0 Å². The van der Waals surface area contributed by atoms with Crippen molar-refractivity contribution in [1.82, 2.24) is 0 Å². The zero-order chi connectivity index (χ0) is 23.5. The van der Waals surface area contributed by atoms with Crippen molar-refractivity contribution in [2.24, 2.45) is 0 Å². The Morgan fingerprint density at radius 1 is 0.375 bits per heavy atom. The molecule has 0 atom stereocenters. The molecule has 0 aliphatic carbocycles. The molecule has 0 radical (unpaired) electrons. The number of unbranched alkanes of at least 4 members (excludes halogenated alkanes) is 18. The van der Waals surface area contributed by atoms with Crippen molar-refractivity contribution in [2.75, 3.05) is 11.5 Å². The Morgan fingerprint density at radius 3 is 0.844 bits per heavy atom. The van der Waals surface area contributed by atoms with E-state index in [1.54, 1.807) is 0 Å². The minimum absolute atomic E-state index is 0.189. The first kappa shape index (κ1) is 32.6. The number of rotatable bonds is 27. The van der Waals surface area contributed by atoms with Gasteiger partial charge in [-0.1, -0.05) is 124 Å². The van der Waals surface area contributed by atoms with Gasteiger partial charge in [-0.25, -0.2) is 0 Å². The predicted molar refractivity (Wildman–Crippen MR) is 148 cm³/mol. The van der Waals surface area contributed by atoms with Crippen LogP contribution in [0.15, 0.2) is 0 Å². The molecule has 0 amide bonds. The van der Waals surface area contributed by atoms with Crippen LogP contribution in [0.25, 0.3) is 0 Å². The highest BCUT2D eigenvalue weighted by Gasteiger charge is 1.98. The van der Waals surface area contributed by atoms with E-state index in [4.69, 9.17) is 23.2 Å². The van der Waals surface area contributed by atoms with Gasteiger partial charge >= 0.3 is 0 Å². The molecule has 0 unspecified atom stereocenters. The van der Waals surface area contributed by atoms with Crippen molar-refractivity contribution in [2.45, 2.75) is 141 Å². The van der Waals surface area contributed by atoms with Gasteiger partial charge in [-0.15, -0.1) is 0 Å². The monoisotopic (exact) mass is 526 g/mol. The van der Waals surface area contributed by atoms with Crippen LogP contribution in [0.2, 0.25) is 0 Å². The number of hydrogen-bond acceptors (Lipinski definition) is 4. The summed E-state index contributed by atoms with van der Waals surface area (Å²) in [7, 11) is 4.14. The molecule has 6 heteroatoms. The van der Waals surface area contributed by atoms with Crippen LogP contribution in [0.3, 0.4) is 0 Å². The van der Waals surface area contributed by atoms with Gasteiger partial charge in [-0.2, -0.15) is 0 Å². The molecule has 0 aromatic carbocycles. The van der Waals surface area contributed by atoms with Crippen LogP contribution in [-0.4, -0.2) is 22.0 Å². The lowest BCUT2D eigenvalue weighted by Gasteiger charge is -2.04. The minimum Gasteiger partial charge on any atom is -0.281 e. The highest BCUT2D eigenvalue weighted by molar-refractivity contribution is 8.76. The van der Waals surface area contributed by atoms with Crippen LogP contribution < -0.4 is 0 Å². The fourth-order valence-corrected chi connectivity index (χ4v) is 6.36. The Kier molecular flexibility index (Phi) is 28.4. The summed E-state index contributed by atoms with van der Waals surface area (Å²) >= 11 is 10.7. The third-order valence-electron chi connectivity index (χ3n) is 5.79. The molecule has 0 N–H and O–H groups in total. The van der Waals surface area contributed by atoms with E-state index in [9.17, 15) is 9.59 Å². The Morgan fingerprint density at radius 2 is 0.594 bits per heavy atom. The predicted octanol–water partition coefficient (Wildman–Crippen LogP) is 10.5. The summed E-state index contributed by atoms with van der Waals surface area (Å²) in [4.78, 5) is 21.3. The second-order valence-electron chi connectivity index (χ2n) is 8.93. The normalized spacial score (nSPS) is 11.2. The molecule has 32 heavy (non-hydrogen) atoms. The maximum atomic E-state index is 10.6. The summed E-state index contributed by atoms with van der Waals surface area (Å²) in [6.07, 6.45) is 26.9. The molecule has 0 heterocycles. The van der Waals surface area contributed by atoms with Gasteiger partial charge in [0.15, 0.2) is 0 Å². The molecule has 0 bridgehead atoms. The third-order valence-corrected chi connectivity index (χ3v) is 8.74. The molecule has 190 valence electrons. The van der Waals surface area contributed by atoms with E-state index in [0.29, 0.717) is 12.8 Å². The molecule has 0 saturated carbocycles. The van der Waals surface area contributed by atoms with Crippen molar-refractivity contribution < 1.29 is 9.59 Å². The van der Waals surface area contributed by atoms with Gasteiger partial charge in [0.1, 0.15) is 0 Å². The lowest BCUT2D eigenvalue weighted by atomic mass is 10.1. The van der Waals surface area contributed by atoms with E-state index in [1.807, 2.05) is 0 Å². The Bertz CT molecular complexity index is 385. The largest absolute Gasteiger partial charge is 0.281 e. The van der Waals surface area contributed by atoms with E-state index in [2.05, 4.69) is 21.6 Å². The molecule has 0 fully saturated rings. The molecule has 0 saturated heterocycles. The zero-order valence-corrected chi connectivity index (χ0v) is 23.5. The number of carbonyl (C=O) groups excluding carboxylic acids is 2. The third kappa shape index (κ3) is 30.6. The van der Waals surface area contributed by atoms with Gasteiger partial charge in [0.2, 0.25) is 10.5 Å². The Labute approximate surface area is 216 Å². The van der Waals surface area contributed by atoms with Crippen molar-refractivity contribution in [1.29, 1.82) is 0 Å². The van der Waals surface area contributed by atoms with E-state index >= 15 is 0 Å². The van der Waals surface area contributed by atoms with Crippen LogP contribution in [0, 0.1) is 0 Å². The van der Waals surface area contributed by atoms with Crippen LogP contribution in [0.1, 0.15) is 141 Å². The van der Waals surface area contributed by atoms with Crippen LogP contribution in [0.5, 0.6) is 0 Å². The maximum Gasteiger partial charge on any atom is 0.221 e. The van der Waals surface area contributed by atoms with Gasteiger partial charge in [0, 0.05) is 24.3 Å². The summed E-state index contributed by atoms with van der Waals surface area (Å²) < 4.78 is 0. The summed E-state index contributed by atoms with van der Waals surface area (Å²) in [5, 5.41) is -0.378. The average Bonchev–Trinajstić information content (AvgIpc) is 2.75. The first-order chi connectivity index (χ1) is 15.6. The van der Waals surface area contributed by atoms with Crippen molar-refractivity contribution in [3.8, 4) is 0 Å². The average molecular weight is 528 g/mol. The van der Waals surface area contributed by atoms with E-state index in [-0.39, 0.29) is 10.5 Å². The molecule has 0 spiro atoms. The summed E-state index contributed by atoms with van der Waals surface area (Å²) in [6, 6.07) is 0. The Balaban J connectivity index is 3.02. The fourth-order valence-electron chi connectivity index (χ4n) is 3.80. The van der Waals surface area contributed by atoms with Crippen molar-refractivity contribution in [3.05, 3.63) is 0 Å². The smallest absolute Gasteiger partial charge is 0.221 e. The molecule has 0 aromatic rings. The molecule has 0 aromatic heterocycles. The van der Waals surface area contributed by atoms with Crippen molar-refractivity contribution >= 4 is 55.3 Å². The molecular formula is C26H48Cl2O2S2. The highest BCUT2D eigenvalue weighted by atomic mass is 35.5. The van der Waals surface area contributed by atoms with E-state index < -0.39 is 0 Å². The molecule has 0 rings (SSSR count). The molecule has 0 aliphatic heterocycles. The number of carbonyl (C=O) groups is 2. The fraction of sp³-hybridized carbons (Fsp3) is 0.923. The standard InChI is InChI=1S/C26H48Cl2O2S2/c27-25(29)21-17-13-9-5-1-3-7-11-15-19-23-31-32-24-20-16-12-8-4-2-6-10-14-18-22-26(28)30/h1-24H2. The number of halogens is 2. The molecular weight excluding hydrogens is 479 g/mol. The summed E-state index contributed by atoms with van der Waals surface area (Å²) in [6.45, 7) is 0. The van der Waals surface area contributed by atoms with Gasteiger partial charge < -0.3 is 0 Å². The second-order valence-corrected chi connectivity index (χ2v) is 12.5. The molecule has 2 nitrogen and oxygen atoms in total. The van der Waals surface area contributed by atoms with E-state index in [0.717, 1.165) is 25.7 Å². The minimum atomic E-state index is -0.189. The lowest BCUT2D eigenvalue weighted by molar-refractivity contribution is -0.112. The van der Waals surface area contributed by atoms with Gasteiger partial charge in [-0.05, 0) is 48.9 Å².